The number of methoxy groups -OCH3 is 2. The standard InChI is InChI=1S/C24H24F7NO4/c1-5-36-22(33)32-12(2)6-17(16-10-19(34-3)20(35-4)11-18(16)32)21(25)13-7-14(23(26,27)28)9-15(8-13)24(29,30)31/h7-12,17,21H,5-6H2,1-4H3/t12-,17-,21+/m0/s1. The molecule has 0 N–H and O–H groups in total. The number of rotatable bonds is 5. The molecule has 0 aromatic heterocycles. The van der Waals surface area contributed by atoms with Gasteiger partial charge in [-0.15, -0.1) is 0 Å². The van der Waals surface area contributed by atoms with E-state index < -0.39 is 53.3 Å². The van der Waals surface area contributed by atoms with Crippen LogP contribution in [0.2, 0.25) is 0 Å². The van der Waals surface area contributed by atoms with Crippen molar-refractivity contribution in [3.8, 4) is 11.5 Å². The average molecular weight is 523 g/mol. The highest BCUT2D eigenvalue weighted by Crippen LogP contribution is 2.51. The average Bonchev–Trinajstić information content (AvgIpc) is 2.80. The molecule has 3 rings (SSSR count). The topological polar surface area (TPSA) is 48.0 Å². The third-order valence-corrected chi connectivity index (χ3v) is 5.97. The first-order valence-electron chi connectivity index (χ1n) is 10.9. The Bertz CT molecular complexity index is 1080. The smallest absolute Gasteiger partial charge is 0.416 e. The number of carbonyl (C=O) groups excluding carboxylic acids is 1. The number of amides is 1. The number of carbonyl (C=O) groups is 1. The summed E-state index contributed by atoms with van der Waals surface area (Å²) in [4.78, 5) is 13.9. The van der Waals surface area contributed by atoms with Crippen LogP contribution in [-0.2, 0) is 17.1 Å². The van der Waals surface area contributed by atoms with Gasteiger partial charge < -0.3 is 14.2 Å². The summed E-state index contributed by atoms with van der Waals surface area (Å²) in [6, 6.07) is 2.76. The van der Waals surface area contributed by atoms with Crippen LogP contribution in [0.5, 0.6) is 11.5 Å². The molecule has 0 unspecified atom stereocenters. The van der Waals surface area contributed by atoms with Gasteiger partial charge in [0.05, 0.1) is 37.6 Å². The summed E-state index contributed by atoms with van der Waals surface area (Å²) >= 11 is 0. The van der Waals surface area contributed by atoms with Crippen molar-refractivity contribution in [2.24, 2.45) is 0 Å². The molecular weight excluding hydrogens is 499 g/mol. The van der Waals surface area contributed by atoms with Crippen LogP contribution in [0, 0.1) is 0 Å². The van der Waals surface area contributed by atoms with Gasteiger partial charge in [0.25, 0.3) is 0 Å². The molecule has 198 valence electrons. The zero-order valence-electron chi connectivity index (χ0n) is 19.8. The molecule has 0 spiro atoms. The number of ether oxygens (including phenoxy) is 3. The molecule has 1 aliphatic rings. The van der Waals surface area contributed by atoms with E-state index >= 15 is 4.39 Å². The third kappa shape index (κ3) is 5.31. The van der Waals surface area contributed by atoms with E-state index in [0.717, 1.165) is 0 Å². The van der Waals surface area contributed by atoms with Gasteiger partial charge >= 0.3 is 18.4 Å². The summed E-state index contributed by atoms with van der Waals surface area (Å²) < 4.78 is 112. The van der Waals surface area contributed by atoms with Crippen LogP contribution in [-0.4, -0.2) is 33.0 Å². The van der Waals surface area contributed by atoms with E-state index in [1.807, 2.05) is 0 Å². The number of hydrogen-bond acceptors (Lipinski definition) is 4. The first-order chi connectivity index (χ1) is 16.7. The van der Waals surface area contributed by atoms with Crippen LogP contribution in [0.1, 0.15) is 54.6 Å². The molecule has 0 fully saturated rings. The van der Waals surface area contributed by atoms with Gasteiger partial charge in [0.2, 0.25) is 0 Å². The minimum absolute atomic E-state index is 0.0459. The highest BCUT2D eigenvalue weighted by molar-refractivity contribution is 5.91. The lowest BCUT2D eigenvalue weighted by Gasteiger charge is -2.40. The predicted molar refractivity (Wildman–Crippen MR) is 116 cm³/mol. The lowest BCUT2D eigenvalue weighted by molar-refractivity contribution is -0.143. The van der Waals surface area contributed by atoms with Gasteiger partial charge in [0.15, 0.2) is 11.5 Å². The van der Waals surface area contributed by atoms with Gasteiger partial charge in [-0.3, -0.25) is 4.90 Å². The number of alkyl halides is 7. The number of hydrogen-bond donors (Lipinski definition) is 0. The minimum Gasteiger partial charge on any atom is -0.493 e. The van der Waals surface area contributed by atoms with E-state index in [0.29, 0.717) is 12.1 Å². The predicted octanol–water partition coefficient (Wildman–Crippen LogP) is 7.29. The largest absolute Gasteiger partial charge is 0.493 e. The van der Waals surface area contributed by atoms with Gasteiger partial charge in [-0.05, 0) is 55.7 Å². The summed E-state index contributed by atoms with van der Waals surface area (Å²) in [6.07, 6.45) is -13.4. The first kappa shape index (κ1) is 27.4. The zero-order valence-corrected chi connectivity index (χ0v) is 19.8. The van der Waals surface area contributed by atoms with Gasteiger partial charge in [-0.2, -0.15) is 26.3 Å². The SMILES string of the molecule is CCOC(=O)N1c2cc(OC)c(OC)cc2[C@@H]([C@H](F)c2cc(C(F)(F)F)cc(C(F)(F)F)c2)C[C@@H]1C. The Hall–Kier alpha value is -3.18. The van der Waals surface area contributed by atoms with Crippen molar-refractivity contribution in [1.29, 1.82) is 0 Å². The Morgan fingerprint density at radius 2 is 1.50 bits per heavy atom. The van der Waals surface area contributed by atoms with Gasteiger partial charge in [0.1, 0.15) is 6.17 Å². The number of fused-ring (bicyclic) bond motifs is 1. The molecule has 0 saturated heterocycles. The first-order valence-corrected chi connectivity index (χ1v) is 10.9. The van der Waals surface area contributed by atoms with Crippen molar-refractivity contribution in [3.05, 3.63) is 52.6 Å². The van der Waals surface area contributed by atoms with Gasteiger partial charge in [0, 0.05) is 18.0 Å². The molecule has 0 bridgehead atoms. The van der Waals surface area contributed by atoms with Crippen LogP contribution < -0.4 is 14.4 Å². The highest BCUT2D eigenvalue weighted by atomic mass is 19.4. The normalized spacial score (nSPS) is 18.9. The summed E-state index contributed by atoms with van der Waals surface area (Å²) in [6.45, 7) is 3.21. The van der Waals surface area contributed by atoms with Gasteiger partial charge in [-0.1, -0.05) is 0 Å². The maximum absolute atomic E-state index is 16.0. The summed E-state index contributed by atoms with van der Waals surface area (Å²) in [5, 5.41) is 0. The number of nitrogens with zero attached hydrogens (tertiary/aromatic N) is 1. The Morgan fingerprint density at radius 3 is 1.97 bits per heavy atom. The van der Waals surface area contributed by atoms with E-state index in [1.165, 1.54) is 31.3 Å². The molecule has 0 aliphatic carbocycles. The minimum atomic E-state index is -5.12. The van der Waals surface area contributed by atoms with Crippen molar-refractivity contribution in [1.82, 2.24) is 0 Å². The number of benzene rings is 2. The molecule has 2 aromatic rings. The van der Waals surface area contributed by atoms with E-state index in [1.54, 1.807) is 13.8 Å². The molecule has 3 atom stereocenters. The molecule has 2 aromatic carbocycles. The second-order valence-electron chi connectivity index (χ2n) is 8.27. The summed E-state index contributed by atoms with van der Waals surface area (Å²) in [7, 11) is 2.64. The molecule has 0 saturated carbocycles. The zero-order chi connectivity index (χ0) is 27.0. The van der Waals surface area contributed by atoms with Crippen LogP contribution in [0.3, 0.4) is 0 Å². The van der Waals surface area contributed by atoms with Crippen LogP contribution in [0.25, 0.3) is 0 Å². The molecular formula is C24H24F7NO4. The molecule has 1 aliphatic heterocycles. The van der Waals surface area contributed by atoms with E-state index in [2.05, 4.69) is 0 Å². The molecule has 0 radical (unpaired) electrons. The van der Waals surface area contributed by atoms with E-state index in [9.17, 15) is 31.1 Å². The van der Waals surface area contributed by atoms with Crippen LogP contribution in [0.4, 0.5) is 41.2 Å². The Morgan fingerprint density at radius 1 is 0.972 bits per heavy atom. The fraction of sp³-hybridized carbons (Fsp3) is 0.458. The Balaban J connectivity index is 2.20. The molecule has 5 nitrogen and oxygen atoms in total. The van der Waals surface area contributed by atoms with Crippen molar-refractivity contribution in [2.75, 3.05) is 25.7 Å². The molecule has 1 heterocycles. The molecule has 1 amide bonds. The molecule has 12 heteroatoms. The van der Waals surface area contributed by atoms with Crippen molar-refractivity contribution >= 4 is 11.8 Å². The van der Waals surface area contributed by atoms with Gasteiger partial charge in [-0.25, -0.2) is 9.18 Å². The second kappa shape index (κ2) is 10.1. The second-order valence-corrected chi connectivity index (χ2v) is 8.27. The van der Waals surface area contributed by atoms with E-state index in [-0.39, 0.29) is 41.8 Å². The highest BCUT2D eigenvalue weighted by Gasteiger charge is 2.42. The van der Waals surface area contributed by atoms with E-state index in [4.69, 9.17) is 14.2 Å². The third-order valence-electron chi connectivity index (χ3n) is 5.97. The van der Waals surface area contributed by atoms with Crippen molar-refractivity contribution in [2.45, 2.75) is 50.8 Å². The fourth-order valence-electron chi connectivity index (χ4n) is 4.35. The Kier molecular flexibility index (Phi) is 7.66. The maximum Gasteiger partial charge on any atom is 0.416 e. The van der Waals surface area contributed by atoms with Crippen molar-refractivity contribution < 1.29 is 49.7 Å². The summed E-state index contributed by atoms with van der Waals surface area (Å²) in [5.41, 5.74) is -3.70. The number of halogens is 7. The molecule has 36 heavy (non-hydrogen) atoms. The number of anilines is 1. The summed E-state index contributed by atoms with van der Waals surface area (Å²) in [5.74, 6) is -0.871. The van der Waals surface area contributed by atoms with Crippen LogP contribution in [0.15, 0.2) is 30.3 Å². The maximum atomic E-state index is 16.0. The Labute approximate surface area is 202 Å². The van der Waals surface area contributed by atoms with Crippen LogP contribution >= 0.6 is 0 Å². The lowest BCUT2D eigenvalue weighted by atomic mass is 9.80. The quantitative estimate of drug-likeness (QED) is 0.386. The lowest BCUT2D eigenvalue weighted by Crippen LogP contribution is -2.44. The van der Waals surface area contributed by atoms with Crippen molar-refractivity contribution in [3.63, 3.8) is 0 Å². The fourth-order valence-corrected chi connectivity index (χ4v) is 4.35. The monoisotopic (exact) mass is 523 g/mol.